The lowest BCUT2D eigenvalue weighted by Crippen LogP contribution is -2.28. The van der Waals surface area contributed by atoms with Crippen molar-refractivity contribution in [1.82, 2.24) is 0 Å². The van der Waals surface area contributed by atoms with Gasteiger partial charge in [-0.2, -0.15) is 0 Å². The van der Waals surface area contributed by atoms with Gasteiger partial charge in [-0.25, -0.2) is 0 Å². The van der Waals surface area contributed by atoms with E-state index in [1.807, 2.05) is 12.1 Å². The van der Waals surface area contributed by atoms with Gasteiger partial charge in [0.15, 0.2) is 0 Å². The molecule has 0 fully saturated rings. The molecular weight excluding hydrogens is 232 g/mol. The summed E-state index contributed by atoms with van der Waals surface area (Å²) in [5, 5.41) is 0.779. The lowest BCUT2D eigenvalue weighted by Gasteiger charge is -2.27. The summed E-state index contributed by atoms with van der Waals surface area (Å²) in [7, 11) is 2.09. The first-order valence-electron chi connectivity index (χ1n) is 6.22. The second-order valence-electron chi connectivity index (χ2n) is 4.85. The average Bonchev–Trinajstić information content (AvgIpc) is 2.30. The standard InChI is InChI=1S/C14H23ClN2/c1-5-13(16)8-11-6-7-12(15)9-14(11)17(4)10(2)3/h6-7,9-10,13H,5,8,16H2,1-4H3. The molecule has 1 aromatic rings. The van der Waals surface area contributed by atoms with Crippen molar-refractivity contribution in [2.75, 3.05) is 11.9 Å². The summed E-state index contributed by atoms with van der Waals surface area (Å²) in [6.45, 7) is 6.46. The number of hydrogen-bond donors (Lipinski definition) is 1. The topological polar surface area (TPSA) is 29.3 Å². The van der Waals surface area contributed by atoms with E-state index in [-0.39, 0.29) is 6.04 Å². The van der Waals surface area contributed by atoms with Crippen molar-refractivity contribution in [3.63, 3.8) is 0 Å². The molecule has 17 heavy (non-hydrogen) atoms. The van der Waals surface area contributed by atoms with Crippen molar-refractivity contribution in [2.24, 2.45) is 5.73 Å². The molecule has 0 saturated carbocycles. The molecule has 3 heteroatoms. The Balaban J connectivity index is 3.03. The molecule has 0 amide bonds. The summed E-state index contributed by atoms with van der Waals surface area (Å²) >= 11 is 6.08. The summed E-state index contributed by atoms with van der Waals surface area (Å²) in [5.74, 6) is 0. The van der Waals surface area contributed by atoms with Gasteiger partial charge in [0.25, 0.3) is 0 Å². The molecule has 0 aromatic heterocycles. The minimum atomic E-state index is 0.218. The maximum atomic E-state index is 6.08. The third-order valence-electron chi connectivity index (χ3n) is 3.21. The lowest BCUT2D eigenvalue weighted by molar-refractivity contribution is 0.642. The van der Waals surface area contributed by atoms with Crippen molar-refractivity contribution in [3.8, 4) is 0 Å². The van der Waals surface area contributed by atoms with E-state index >= 15 is 0 Å². The van der Waals surface area contributed by atoms with Crippen LogP contribution in [-0.2, 0) is 6.42 Å². The quantitative estimate of drug-likeness (QED) is 0.872. The fraction of sp³-hybridized carbons (Fsp3) is 0.571. The summed E-state index contributed by atoms with van der Waals surface area (Å²) in [4.78, 5) is 2.24. The number of rotatable bonds is 5. The normalized spacial score (nSPS) is 12.9. The van der Waals surface area contributed by atoms with Crippen LogP contribution >= 0.6 is 11.6 Å². The largest absolute Gasteiger partial charge is 0.372 e. The van der Waals surface area contributed by atoms with Gasteiger partial charge in [0, 0.05) is 29.8 Å². The third kappa shape index (κ3) is 3.90. The van der Waals surface area contributed by atoms with Crippen LogP contribution in [0.3, 0.4) is 0 Å². The van der Waals surface area contributed by atoms with E-state index in [1.54, 1.807) is 0 Å². The summed E-state index contributed by atoms with van der Waals surface area (Å²) in [5.41, 5.74) is 8.51. The first-order valence-corrected chi connectivity index (χ1v) is 6.60. The first-order chi connectivity index (χ1) is 7.95. The van der Waals surface area contributed by atoms with Gasteiger partial charge in [0.2, 0.25) is 0 Å². The Labute approximate surface area is 110 Å². The number of anilines is 1. The molecule has 0 bridgehead atoms. The van der Waals surface area contributed by atoms with Gasteiger partial charge < -0.3 is 10.6 Å². The molecule has 1 atom stereocenters. The highest BCUT2D eigenvalue weighted by molar-refractivity contribution is 6.30. The van der Waals surface area contributed by atoms with Crippen molar-refractivity contribution in [3.05, 3.63) is 28.8 Å². The third-order valence-corrected chi connectivity index (χ3v) is 3.44. The molecule has 0 aliphatic carbocycles. The number of hydrogen-bond acceptors (Lipinski definition) is 2. The van der Waals surface area contributed by atoms with Gasteiger partial charge in [-0.3, -0.25) is 0 Å². The van der Waals surface area contributed by atoms with E-state index in [2.05, 4.69) is 38.8 Å². The number of benzene rings is 1. The second-order valence-corrected chi connectivity index (χ2v) is 5.29. The van der Waals surface area contributed by atoms with Crippen LogP contribution in [0, 0.1) is 0 Å². The van der Waals surface area contributed by atoms with E-state index in [0.717, 1.165) is 17.9 Å². The number of halogens is 1. The van der Waals surface area contributed by atoms with Crippen molar-refractivity contribution in [1.29, 1.82) is 0 Å². The predicted octanol–water partition coefficient (Wildman–Crippen LogP) is 3.46. The lowest BCUT2D eigenvalue weighted by atomic mass is 10.0. The Morgan fingerprint density at radius 1 is 1.35 bits per heavy atom. The first kappa shape index (κ1) is 14.3. The molecule has 0 saturated heterocycles. The van der Waals surface area contributed by atoms with Crippen LogP contribution in [0.15, 0.2) is 18.2 Å². The highest BCUT2D eigenvalue weighted by atomic mass is 35.5. The van der Waals surface area contributed by atoms with Gasteiger partial charge in [0.05, 0.1) is 0 Å². The molecule has 1 aromatic carbocycles. The second kappa shape index (κ2) is 6.27. The molecule has 0 spiro atoms. The molecule has 0 radical (unpaired) electrons. The van der Waals surface area contributed by atoms with Crippen molar-refractivity contribution in [2.45, 2.75) is 45.7 Å². The molecule has 1 unspecified atom stereocenters. The fourth-order valence-electron chi connectivity index (χ4n) is 1.74. The molecule has 0 aliphatic heterocycles. The van der Waals surface area contributed by atoms with Crippen molar-refractivity contribution >= 4 is 17.3 Å². The highest BCUT2D eigenvalue weighted by Gasteiger charge is 2.12. The molecule has 2 nitrogen and oxygen atoms in total. The SMILES string of the molecule is CCC(N)Cc1ccc(Cl)cc1N(C)C(C)C. The average molecular weight is 255 g/mol. The maximum absolute atomic E-state index is 6.08. The van der Waals surface area contributed by atoms with Gasteiger partial charge >= 0.3 is 0 Å². The maximum Gasteiger partial charge on any atom is 0.0426 e. The minimum Gasteiger partial charge on any atom is -0.372 e. The Hall–Kier alpha value is -0.730. The summed E-state index contributed by atoms with van der Waals surface area (Å²) in [6.07, 6.45) is 1.90. The molecule has 96 valence electrons. The summed E-state index contributed by atoms with van der Waals surface area (Å²) in [6, 6.07) is 6.72. The van der Waals surface area contributed by atoms with Gasteiger partial charge in [0.1, 0.15) is 0 Å². The molecular formula is C14H23ClN2. The predicted molar refractivity (Wildman–Crippen MR) is 77.0 cm³/mol. The Bertz CT molecular complexity index is 363. The van der Waals surface area contributed by atoms with Gasteiger partial charge in [-0.1, -0.05) is 24.6 Å². The highest BCUT2D eigenvalue weighted by Crippen LogP contribution is 2.26. The minimum absolute atomic E-state index is 0.218. The fourth-order valence-corrected chi connectivity index (χ4v) is 1.91. The van der Waals surface area contributed by atoms with E-state index in [9.17, 15) is 0 Å². The van der Waals surface area contributed by atoms with E-state index in [0.29, 0.717) is 6.04 Å². The zero-order valence-corrected chi connectivity index (χ0v) is 12.0. The molecule has 2 N–H and O–H groups in total. The monoisotopic (exact) mass is 254 g/mol. The zero-order chi connectivity index (χ0) is 13.0. The van der Waals surface area contributed by atoms with Gasteiger partial charge in [-0.15, -0.1) is 0 Å². The smallest absolute Gasteiger partial charge is 0.0426 e. The van der Waals surface area contributed by atoms with Crippen LogP contribution in [0.2, 0.25) is 5.02 Å². The van der Waals surface area contributed by atoms with Crippen molar-refractivity contribution < 1.29 is 0 Å². The van der Waals surface area contributed by atoms with E-state index in [1.165, 1.54) is 11.3 Å². The summed E-state index contributed by atoms with van der Waals surface area (Å²) < 4.78 is 0. The zero-order valence-electron chi connectivity index (χ0n) is 11.2. The molecule has 0 heterocycles. The van der Waals surface area contributed by atoms with Gasteiger partial charge in [-0.05, 0) is 44.4 Å². The Morgan fingerprint density at radius 2 is 2.00 bits per heavy atom. The Morgan fingerprint density at radius 3 is 2.53 bits per heavy atom. The molecule has 1 rings (SSSR count). The molecule has 0 aliphatic rings. The Kier molecular flexibility index (Phi) is 5.29. The van der Waals surface area contributed by atoms with Crippen LogP contribution in [0.5, 0.6) is 0 Å². The van der Waals surface area contributed by atoms with Crippen LogP contribution in [0.25, 0.3) is 0 Å². The number of nitrogens with two attached hydrogens (primary N) is 1. The van der Waals surface area contributed by atoms with Crippen LogP contribution in [-0.4, -0.2) is 19.1 Å². The van der Waals surface area contributed by atoms with E-state index < -0.39 is 0 Å². The van der Waals surface area contributed by atoms with Crippen LogP contribution in [0.4, 0.5) is 5.69 Å². The van der Waals surface area contributed by atoms with E-state index in [4.69, 9.17) is 17.3 Å². The van der Waals surface area contributed by atoms with Crippen LogP contribution < -0.4 is 10.6 Å². The van der Waals surface area contributed by atoms with Crippen LogP contribution in [0.1, 0.15) is 32.8 Å². The number of nitrogens with zero attached hydrogens (tertiary/aromatic N) is 1.